The molecule has 0 bridgehead atoms. The molecule has 0 atom stereocenters. The van der Waals surface area contributed by atoms with Crippen molar-refractivity contribution in [3.8, 4) is 22.3 Å². The molecule has 2 N–H and O–H groups in total. The van der Waals surface area contributed by atoms with Crippen molar-refractivity contribution in [3.05, 3.63) is 72.4 Å². The first-order valence-corrected chi connectivity index (χ1v) is 7.81. The number of anilines is 1. The lowest BCUT2D eigenvalue weighted by molar-refractivity contribution is 1.33. The monoisotopic (exact) mass is 332 g/mol. The van der Waals surface area contributed by atoms with Crippen molar-refractivity contribution < 1.29 is 0 Å². The summed E-state index contributed by atoms with van der Waals surface area (Å²) >= 11 is 5.92. The minimum absolute atomic E-state index is 0.318. The summed E-state index contributed by atoms with van der Waals surface area (Å²) in [7, 11) is 0. The normalized spacial score (nSPS) is 10.9. The lowest BCUT2D eigenvalue weighted by atomic mass is 9.98. The third-order valence-corrected chi connectivity index (χ3v) is 4.25. The zero-order chi connectivity index (χ0) is 16.5. The van der Waals surface area contributed by atoms with E-state index in [-0.39, 0.29) is 0 Å². The lowest BCUT2D eigenvalue weighted by Gasteiger charge is -2.09. The number of fused-ring (bicyclic) bond motifs is 1. The first-order chi connectivity index (χ1) is 11.7. The summed E-state index contributed by atoms with van der Waals surface area (Å²) in [5.74, 6) is 0. The summed E-state index contributed by atoms with van der Waals surface area (Å²) < 4.78 is 0. The number of aromatic nitrogens is 3. The van der Waals surface area contributed by atoms with Crippen molar-refractivity contribution in [1.29, 1.82) is 0 Å². The number of hydrogen-bond acceptors (Lipinski definition) is 4. The van der Waals surface area contributed by atoms with Gasteiger partial charge < -0.3 is 5.73 Å². The predicted molar refractivity (Wildman–Crippen MR) is 97.6 cm³/mol. The molecule has 0 aliphatic heterocycles. The van der Waals surface area contributed by atoms with Crippen LogP contribution in [-0.4, -0.2) is 15.0 Å². The van der Waals surface area contributed by atoms with Gasteiger partial charge in [0.2, 0.25) is 0 Å². The van der Waals surface area contributed by atoms with Gasteiger partial charge in [0.05, 0.1) is 11.2 Å². The molecule has 5 heteroatoms. The second-order valence-corrected chi connectivity index (χ2v) is 5.79. The summed E-state index contributed by atoms with van der Waals surface area (Å²) in [6, 6.07) is 13.9. The van der Waals surface area contributed by atoms with Crippen molar-refractivity contribution in [2.45, 2.75) is 0 Å². The van der Waals surface area contributed by atoms with Crippen molar-refractivity contribution >= 4 is 28.2 Å². The van der Waals surface area contributed by atoms with Crippen LogP contribution in [-0.2, 0) is 0 Å². The number of nitrogen functional groups attached to an aromatic ring is 1. The van der Waals surface area contributed by atoms with Crippen LogP contribution in [0.4, 0.5) is 5.69 Å². The van der Waals surface area contributed by atoms with Gasteiger partial charge in [-0.3, -0.25) is 9.97 Å². The van der Waals surface area contributed by atoms with Gasteiger partial charge in [-0.1, -0.05) is 17.7 Å². The smallest absolute Gasteiger partial charge is 0.151 e. The molecule has 0 spiro atoms. The molecular formula is C19H13ClN4. The highest BCUT2D eigenvalue weighted by Gasteiger charge is 2.08. The van der Waals surface area contributed by atoms with E-state index in [0.29, 0.717) is 10.8 Å². The molecule has 4 rings (SSSR count). The average molecular weight is 333 g/mol. The Balaban J connectivity index is 1.92. The zero-order valence-electron chi connectivity index (χ0n) is 12.6. The highest BCUT2D eigenvalue weighted by molar-refractivity contribution is 6.31. The summed E-state index contributed by atoms with van der Waals surface area (Å²) in [4.78, 5) is 12.7. The topological polar surface area (TPSA) is 64.7 Å². The van der Waals surface area contributed by atoms with E-state index in [4.69, 9.17) is 17.3 Å². The number of nitrogens with two attached hydrogens (primary N) is 1. The van der Waals surface area contributed by atoms with Gasteiger partial charge in [-0.2, -0.15) is 0 Å². The van der Waals surface area contributed by atoms with Gasteiger partial charge in [-0.05, 0) is 53.1 Å². The zero-order valence-corrected chi connectivity index (χ0v) is 13.4. The highest BCUT2D eigenvalue weighted by Crippen LogP contribution is 2.32. The Morgan fingerprint density at radius 3 is 2.42 bits per heavy atom. The second-order valence-electron chi connectivity index (χ2n) is 5.43. The third kappa shape index (κ3) is 2.57. The summed E-state index contributed by atoms with van der Waals surface area (Å²) in [6.45, 7) is 0. The van der Waals surface area contributed by atoms with E-state index in [1.54, 1.807) is 18.6 Å². The van der Waals surface area contributed by atoms with Crippen LogP contribution in [0.15, 0.2) is 67.3 Å². The van der Waals surface area contributed by atoms with Crippen LogP contribution < -0.4 is 5.73 Å². The fraction of sp³-hybridized carbons (Fsp3) is 0. The molecule has 4 nitrogen and oxygen atoms in total. The van der Waals surface area contributed by atoms with E-state index in [9.17, 15) is 0 Å². The van der Waals surface area contributed by atoms with E-state index in [1.807, 2.05) is 42.6 Å². The van der Waals surface area contributed by atoms with E-state index >= 15 is 0 Å². The number of pyridine rings is 3. The first kappa shape index (κ1) is 14.6. The number of hydrogen-bond donors (Lipinski definition) is 1. The molecule has 116 valence electrons. The quantitative estimate of drug-likeness (QED) is 0.545. The van der Waals surface area contributed by atoms with Crippen LogP contribution in [0.1, 0.15) is 0 Å². The SMILES string of the molecule is Nc1cc(-c2ccc3nccc(-c4ccncc4)c3c2)cnc1Cl. The minimum atomic E-state index is 0.318. The maximum Gasteiger partial charge on any atom is 0.151 e. The van der Waals surface area contributed by atoms with Gasteiger partial charge in [-0.25, -0.2) is 4.98 Å². The van der Waals surface area contributed by atoms with Crippen molar-refractivity contribution in [2.24, 2.45) is 0 Å². The largest absolute Gasteiger partial charge is 0.396 e. The molecule has 0 saturated heterocycles. The van der Waals surface area contributed by atoms with Crippen molar-refractivity contribution in [2.75, 3.05) is 5.73 Å². The van der Waals surface area contributed by atoms with Crippen LogP contribution in [0, 0.1) is 0 Å². The van der Waals surface area contributed by atoms with E-state index in [1.165, 1.54) is 0 Å². The number of rotatable bonds is 2. The van der Waals surface area contributed by atoms with Crippen LogP contribution in [0.3, 0.4) is 0 Å². The fourth-order valence-corrected chi connectivity index (χ4v) is 2.84. The Bertz CT molecular complexity index is 1030. The Kier molecular flexibility index (Phi) is 3.59. The highest BCUT2D eigenvalue weighted by atomic mass is 35.5. The molecule has 0 fully saturated rings. The molecule has 0 unspecified atom stereocenters. The molecule has 1 aromatic carbocycles. The maximum atomic E-state index is 5.92. The van der Waals surface area contributed by atoms with Gasteiger partial charge in [-0.15, -0.1) is 0 Å². The summed E-state index contributed by atoms with van der Waals surface area (Å²) in [5.41, 5.74) is 11.4. The lowest BCUT2D eigenvalue weighted by Crippen LogP contribution is -1.91. The second kappa shape index (κ2) is 5.91. The molecule has 24 heavy (non-hydrogen) atoms. The fourth-order valence-electron chi connectivity index (χ4n) is 2.73. The number of halogens is 1. The summed E-state index contributed by atoms with van der Waals surface area (Å²) in [6.07, 6.45) is 7.12. The molecule has 3 aromatic heterocycles. The average Bonchev–Trinajstić information content (AvgIpc) is 2.64. The molecule has 4 aromatic rings. The van der Waals surface area contributed by atoms with Gasteiger partial charge in [0.15, 0.2) is 5.15 Å². The molecule has 0 aliphatic carbocycles. The van der Waals surface area contributed by atoms with Crippen LogP contribution in [0.25, 0.3) is 33.2 Å². The summed E-state index contributed by atoms with van der Waals surface area (Å²) in [5, 5.41) is 1.38. The van der Waals surface area contributed by atoms with Crippen LogP contribution in [0.5, 0.6) is 0 Å². The Labute approximate surface area is 144 Å². The number of nitrogens with zero attached hydrogens (tertiary/aromatic N) is 3. The van der Waals surface area contributed by atoms with E-state index in [2.05, 4.69) is 21.0 Å². The van der Waals surface area contributed by atoms with Gasteiger partial charge in [0.1, 0.15) is 0 Å². The van der Waals surface area contributed by atoms with Crippen molar-refractivity contribution in [3.63, 3.8) is 0 Å². The van der Waals surface area contributed by atoms with Gasteiger partial charge in [0, 0.05) is 35.7 Å². The molecule has 0 saturated carbocycles. The number of benzene rings is 1. The first-order valence-electron chi connectivity index (χ1n) is 7.43. The minimum Gasteiger partial charge on any atom is -0.396 e. The van der Waals surface area contributed by atoms with Crippen LogP contribution in [0.2, 0.25) is 5.15 Å². The van der Waals surface area contributed by atoms with Gasteiger partial charge in [0.25, 0.3) is 0 Å². The standard InChI is InChI=1S/C19H13ClN4/c20-19-17(21)10-14(11-24-19)13-1-2-18-16(9-13)15(5-8-23-18)12-3-6-22-7-4-12/h1-11H,21H2. The Hall–Kier alpha value is -2.98. The van der Waals surface area contributed by atoms with Crippen molar-refractivity contribution in [1.82, 2.24) is 15.0 Å². The van der Waals surface area contributed by atoms with Crippen LogP contribution >= 0.6 is 11.6 Å². The predicted octanol–water partition coefficient (Wildman–Crippen LogP) is 4.59. The molecule has 0 amide bonds. The Morgan fingerprint density at radius 1 is 0.792 bits per heavy atom. The maximum absolute atomic E-state index is 5.92. The molecule has 0 radical (unpaired) electrons. The Morgan fingerprint density at radius 2 is 1.62 bits per heavy atom. The van der Waals surface area contributed by atoms with E-state index in [0.717, 1.165) is 33.2 Å². The van der Waals surface area contributed by atoms with Gasteiger partial charge >= 0.3 is 0 Å². The third-order valence-electron chi connectivity index (χ3n) is 3.93. The molecule has 0 aliphatic rings. The molecule has 3 heterocycles. The molecular weight excluding hydrogens is 320 g/mol. The van der Waals surface area contributed by atoms with E-state index < -0.39 is 0 Å².